The van der Waals surface area contributed by atoms with Crippen LogP contribution in [0.5, 0.6) is 0 Å². The van der Waals surface area contributed by atoms with E-state index >= 15 is 0 Å². The van der Waals surface area contributed by atoms with Crippen LogP contribution in [0.4, 0.5) is 5.69 Å². The summed E-state index contributed by atoms with van der Waals surface area (Å²) in [5.41, 5.74) is 8.04. The van der Waals surface area contributed by atoms with Gasteiger partial charge in [0, 0.05) is 36.8 Å². The second-order valence-electron chi connectivity index (χ2n) is 7.08. The number of nitrogens with zero attached hydrogens (tertiary/aromatic N) is 1. The molecule has 0 fully saturated rings. The van der Waals surface area contributed by atoms with Gasteiger partial charge in [0.2, 0.25) is 5.91 Å². The number of fused-ring (bicyclic) bond motifs is 1. The molecule has 0 saturated carbocycles. The molecule has 0 saturated heterocycles. The van der Waals surface area contributed by atoms with Gasteiger partial charge in [0.15, 0.2) is 0 Å². The van der Waals surface area contributed by atoms with Gasteiger partial charge < -0.3 is 16.0 Å². The van der Waals surface area contributed by atoms with Crippen LogP contribution in [-0.4, -0.2) is 30.4 Å². The average Bonchev–Trinajstić information content (AvgIpc) is 2.89. The van der Waals surface area contributed by atoms with Crippen LogP contribution in [0.25, 0.3) is 0 Å². The van der Waals surface area contributed by atoms with E-state index in [9.17, 15) is 9.59 Å². The monoisotopic (exact) mass is 317 g/mol. The predicted molar refractivity (Wildman–Crippen MR) is 92.6 cm³/mol. The first kappa shape index (κ1) is 17.5. The molecule has 1 heterocycles. The van der Waals surface area contributed by atoms with Crippen LogP contribution in [0.3, 0.4) is 0 Å². The van der Waals surface area contributed by atoms with E-state index in [2.05, 4.69) is 19.2 Å². The molecule has 23 heavy (non-hydrogen) atoms. The second-order valence-corrected chi connectivity index (χ2v) is 7.08. The highest BCUT2D eigenvalue weighted by Crippen LogP contribution is 2.29. The zero-order chi connectivity index (χ0) is 17.2. The highest BCUT2D eigenvalue weighted by Gasteiger charge is 2.28. The number of rotatable bonds is 5. The van der Waals surface area contributed by atoms with Gasteiger partial charge in [-0.25, -0.2) is 0 Å². The molecule has 1 aliphatic rings. The van der Waals surface area contributed by atoms with Crippen LogP contribution in [0.1, 0.15) is 50.0 Å². The predicted octanol–water partition coefficient (Wildman–Crippen LogP) is 2.09. The third-order valence-corrected chi connectivity index (χ3v) is 4.34. The van der Waals surface area contributed by atoms with Crippen LogP contribution in [0.2, 0.25) is 0 Å². The van der Waals surface area contributed by atoms with Crippen molar-refractivity contribution in [1.82, 2.24) is 5.32 Å². The molecule has 2 amide bonds. The Morgan fingerprint density at radius 2 is 2.09 bits per heavy atom. The number of carbonyl (C=O) groups is 2. The molecule has 126 valence electrons. The number of hydrogen-bond acceptors (Lipinski definition) is 3. The summed E-state index contributed by atoms with van der Waals surface area (Å²) in [6.45, 7) is 8.87. The number of amides is 2. The number of benzene rings is 1. The first-order valence-electron chi connectivity index (χ1n) is 8.19. The number of nitrogens with two attached hydrogens (primary N) is 1. The molecule has 5 nitrogen and oxygen atoms in total. The Hall–Kier alpha value is -1.88. The topological polar surface area (TPSA) is 75.4 Å². The van der Waals surface area contributed by atoms with Gasteiger partial charge >= 0.3 is 0 Å². The van der Waals surface area contributed by atoms with Gasteiger partial charge in [-0.2, -0.15) is 0 Å². The molecule has 0 radical (unpaired) electrons. The maximum absolute atomic E-state index is 12.6. The Labute approximate surface area is 138 Å². The van der Waals surface area contributed by atoms with Crippen LogP contribution >= 0.6 is 0 Å². The van der Waals surface area contributed by atoms with Crippen molar-refractivity contribution in [2.45, 2.75) is 46.1 Å². The molecular weight excluding hydrogens is 290 g/mol. The van der Waals surface area contributed by atoms with Gasteiger partial charge in [-0.05, 0) is 49.4 Å². The largest absolute Gasteiger partial charge is 0.346 e. The molecule has 0 aliphatic carbocycles. The van der Waals surface area contributed by atoms with Crippen molar-refractivity contribution < 1.29 is 9.59 Å². The van der Waals surface area contributed by atoms with E-state index < -0.39 is 5.54 Å². The van der Waals surface area contributed by atoms with Gasteiger partial charge in [-0.3, -0.25) is 9.59 Å². The van der Waals surface area contributed by atoms with Gasteiger partial charge in [0.25, 0.3) is 5.91 Å². The molecular formula is C18H27N3O2. The molecule has 1 atom stereocenters. The van der Waals surface area contributed by atoms with Crippen LogP contribution in [-0.2, 0) is 11.2 Å². The van der Waals surface area contributed by atoms with Crippen LogP contribution < -0.4 is 16.0 Å². The minimum Gasteiger partial charge on any atom is -0.346 e. The quantitative estimate of drug-likeness (QED) is 0.873. The Kier molecular flexibility index (Phi) is 5.09. The zero-order valence-corrected chi connectivity index (χ0v) is 14.5. The van der Waals surface area contributed by atoms with E-state index in [4.69, 9.17) is 5.73 Å². The SMILES string of the molecule is CC(=O)N1CCc2cc(C(=O)NC(C)(CN)CC(C)C)ccc21. The minimum atomic E-state index is -0.407. The van der Waals surface area contributed by atoms with Crippen molar-refractivity contribution in [3.63, 3.8) is 0 Å². The summed E-state index contributed by atoms with van der Waals surface area (Å²) in [5, 5.41) is 3.07. The lowest BCUT2D eigenvalue weighted by Gasteiger charge is -2.31. The fraction of sp³-hybridized carbons (Fsp3) is 0.556. The Balaban J connectivity index is 2.17. The highest BCUT2D eigenvalue weighted by atomic mass is 16.2. The summed E-state index contributed by atoms with van der Waals surface area (Å²) < 4.78 is 0. The van der Waals surface area contributed by atoms with Crippen molar-refractivity contribution in [3.05, 3.63) is 29.3 Å². The summed E-state index contributed by atoms with van der Waals surface area (Å²) in [5.74, 6) is 0.379. The molecule has 1 aromatic carbocycles. The van der Waals surface area contributed by atoms with Crippen molar-refractivity contribution in [2.24, 2.45) is 11.7 Å². The molecule has 0 bridgehead atoms. The molecule has 0 spiro atoms. The van der Waals surface area contributed by atoms with E-state index in [0.717, 1.165) is 24.1 Å². The summed E-state index contributed by atoms with van der Waals surface area (Å²) >= 11 is 0. The third-order valence-electron chi connectivity index (χ3n) is 4.34. The molecule has 3 N–H and O–H groups in total. The summed E-state index contributed by atoms with van der Waals surface area (Å²) in [6.07, 6.45) is 1.62. The third kappa shape index (κ3) is 3.91. The number of hydrogen-bond donors (Lipinski definition) is 2. The van der Waals surface area contributed by atoms with Crippen molar-refractivity contribution >= 4 is 17.5 Å². The molecule has 0 aromatic heterocycles. The normalized spacial score (nSPS) is 16.2. The van der Waals surface area contributed by atoms with E-state index in [1.807, 2.05) is 19.1 Å². The fourth-order valence-corrected chi connectivity index (χ4v) is 3.30. The zero-order valence-electron chi connectivity index (χ0n) is 14.5. The maximum atomic E-state index is 12.6. The standard InChI is InChI=1S/C18H27N3O2/c1-12(2)10-18(4,11-19)20-17(23)15-5-6-16-14(9-15)7-8-21(16)13(3)22/h5-6,9,12H,7-8,10-11,19H2,1-4H3,(H,20,23). The summed E-state index contributed by atoms with van der Waals surface area (Å²) in [6, 6.07) is 5.53. The van der Waals surface area contributed by atoms with Crippen molar-refractivity contribution in [1.29, 1.82) is 0 Å². The van der Waals surface area contributed by atoms with E-state index in [1.165, 1.54) is 0 Å². The fourth-order valence-electron chi connectivity index (χ4n) is 3.30. The van der Waals surface area contributed by atoms with Crippen LogP contribution in [0.15, 0.2) is 18.2 Å². The molecule has 1 aromatic rings. The summed E-state index contributed by atoms with van der Waals surface area (Å²) in [4.78, 5) is 25.9. The Morgan fingerprint density at radius 3 is 2.65 bits per heavy atom. The van der Waals surface area contributed by atoms with Gasteiger partial charge in [-0.1, -0.05) is 13.8 Å². The first-order chi connectivity index (χ1) is 10.8. The summed E-state index contributed by atoms with van der Waals surface area (Å²) in [7, 11) is 0. The lowest BCUT2D eigenvalue weighted by atomic mass is 9.90. The number of anilines is 1. The van der Waals surface area contributed by atoms with Crippen LogP contribution in [0, 0.1) is 5.92 Å². The second kappa shape index (κ2) is 6.71. The molecule has 2 rings (SSSR count). The Morgan fingerprint density at radius 1 is 1.39 bits per heavy atom. The molecule has 1 unspecified atom stereocenters. The average molecular weight is 317 g/mol. The van der Waals surface area contributed by atoms with Gasteiger partial charge in [0.1, 0.15) is 0 Å². The van der Waals surface area contributed by atoms with E-state index in [-0.39, 0.29) is 11.8 Å². The van der Waals surface area contributed by atoms with Crippen molar-refractivity contribution in [3.8, 4) is 0 Å². The lowest BCUT2D eigenvalue weighted by Crippen LogP contribution is -2.52. The molecule has 5 heteroatoms. The van der Waals surface area contributed by atoms with Gasteiger partial charge in [-0.15, -0.1) is 0 Å². The maximum Gasteiger partial charge on any atom is 0.251 e. The number of nitrogens with one attached hydrogen (secondary N) is 1. The lowest BCUT2D eigenvalue weighted by molar-refractivity contribution is -0.116. The number of carbonyl (C=O) groups excluding carboxylic acids is 2. The van der Waals surface area contributed by atoms with Crippen molar-refractivity contribution in [2.75, 3.05) is 18.0 Å². The Bertz CT molecular complexity index is 612. The smallest absolute Gasteiger partial charge is 0.251 e. The minimum absolute atomic E-state index is 0.0357. The van der Waals surface area contributed by atoms with E-state index in [0.29, 0.717) is 24.6 Å². The van der Waals surface area contributed by atoms with Gasteiger partial charge in [0.05, 0.1) is 0 Å². The molecule has 1 aliphatic heterocycles. The van der Waals surface area contributed by atoms with E-state index in [1.54, 1.807) is 17.9 Å². The first-order valence-corrected chi connectivity index (χ1v) is 8.19. The highest BCUT2D eigenvalue weighted by molar-refractivity contribution is 5.98.